The average molecular weight is 443 g/mol. The first-order valence-corrected chi connectivity index (χ1v) is 10.1. The predicted octanol–water partition coefficient (Wildman–Crippen LogP) is 5.98. The summed E-state index contributed by atoms with van der Waals surface area (Å²) in [5.74, 6) is 0.212. The molecule has 0 saturated carbocycles. The van der Waals surface area contributed by atoms with E-state index in [1.54, 1.807) is 59.2 Å². The maximum absolute atomic E-state index is 13.7. The summed E-state index contributed by atoms with van der Waals surface area (Å²) < 4.78 is 20.8. The van der Waals surface area contributed by atoms with Gasteiger partial charge < -0.3 is 4.74 Å². The molecule has 0 aliphatic rings. The maximum Gasteiger partial charge on any atom is 0.261 e. The Balaban J connectivity index is 1.67. The summed E-state index contributed by atoms with van der Waals surface area (Å²) in [7, 11) is 0. The second-order valence-corrected chi connectivity index (χ2v) is 7.51. The molecule has 0 atom stereocenters. The van der Waals surface area contributed by atoms with E-state index in [9.17, 15) is 9.18 Å². The van der Waals surface area contributed by atoms with Crippen LogP contribution in [0, 0.1) is 5.82 Å². The molecule has 0 N–H and O–H groups in total. The molecule has 0 saturated heterocycles. The smallest absolute Gasteiger partial charge is 0.261 e. The van der Waals surface area contributed by atoms with Crippen LogP contribution in [0.4, 0.5) is 4.39 Å². The van der Waals surface area contributed by atoms with Gasteiger partial charge >= 0.3 is 0 Å². The van der Waals surface area contributed by atoms with E-state index in [0.29, 0.717) is 45.3 Å². The van der Waals surface area contributed by atoms with Crippen LogP contribution in [0.15, 0.2) is 71.5 Å². The van der Waals surface area contributed by atoms with E-state index >= 15 is 0 Å². The Morgan fingerprint density at radius 2 is 1.77 bits per heavy atom. The molecular weight excluding hydrogens is 426 g/mol. The molecule has 152 valence electrons. The standard InChI is InChI=1S/C23H17Cl2FN2O2/c24-15-10-11-16(18(25)14-15)22-27-20-8-3-1-6-17(20)23(29)28(22)12-5-13-30-21-9-4-2-7-19(21)26/h1-4,6-11,14H,5,12-13H2. The van der Waals surface area contributed by atoms with E-state index in [-0.39, 0.29) is 17.9 Å². The Bertz CT molecular complexity index is 1270. The highest BCUT2D eigenvalue weighted by Gasteiger charge is 2.15. The fourth-order valence-electron chi connectivity index (χ4n) is 3.22. The monoisotopic (exact) mass is 442 g/mol. The molecule has 0 fully saturated rings. The highest BCUT2D eigenvalue weighted by Crippen LogP contribution is 2.29. The molecule has 30 heavy (non-hydrogen) atoms. The molecule has 0 spiro atoms. The lowest BCUT2D eigenvalue weighted by atomic mass is 10.1. The summed E-state index contributed by atoms with van der Waals surface area (Å²) in [6.07, 6.45) is 0.479. The van der Waals surface area contributed by atoms with Crippen molar-refractivity contribution in [2.75, 3.05) is 6.61 Å². The van der Waals surface area contributed by atoms with Crippen molar-refractivity contribution in [2.45, 2.75) is 13.0 Å². The largest absolute Gasteiger partial charge is 0.490 e. The van der Waals surface area contributed by atoms with E-state index in [1.807, 2.05) is 6.07 Å². The van der Waals surface area contributed by atoms with Crippen LogP contribution in [0.1, 0.15) is 6.42 Å². The van der Waals surface area contributed by atoms with Gasteiger partial charge in [-0.3, -0.25) is 9.36 Å². The van der Waals surface area contributed by atoms with Crippen molar-refractivity contribution in [3.63, 3.8) is 0 Å². The van der Waals surface area contributed by atoms with Crippen LogP contribution in [0.2, 0.25) is 10.0 Å². The third-order valence-corrected chi connectivity index (χ3v) is 5.20. The van der Waals surface area contributed by atoms with Gasteiger partial charge in [-0.15, -0.1) is 0 Å². The summed E-state index contributed by atoms with van der Waals surface area (Å²) in [5, 5.41) is 1.42. The first-order chi connectivity index (χ1) is 14.5. The number of hydrogen-bond donors (Lipinski definition) is 0. The van der Waals surface area contributed by atoms with Crippen LogP contribution in [0.3, 0.4) is 0 Å². The Hall–Kier alpha value is -2.89. The number of para-hydroxylation sites is 2. The van der Waals surface area contributed by atoms with Crippen molar-refractivity contribution in [1.82, 2.24) is 9.55 Å². The first-order valence-electron chi connectivity index (χ1n) is 9.37. The zero-order valence-corrected chi connectivity index (χ0v) is 17.3. The zero-order valence-electron chi connectivity index (χ0n) is 15.8. The lowest BCUT2D eigenvalue weighted by Crippen LogP contribution is -2.24. The first kappa shape index (κ1) is 20.4. The predicted molar refractivity (Wildman–Crippen MR) is 118 cm³/mol. The molecule has 1 heterocycles. The minimum absolute atomic E-state index is 0.174. The Morgan fingerprint density at radius 3 is 2.57 bits per heavy atom. The number of benzene rings is 3. The van der Waals surface area contributed by atoms with Crippen LogP contribution in [-0.2, 0) is 6.54 Å². The van der Waals surface area contributed by atoms with Crippen molar-refractivity contribution in [3.05, 3.63) is 92.9 Å². The fourth-order valence-corrected chi connectivity index (χ4v) is 3.71. The van der Waals surface area contributed by atoms with E-state index in [1.165, 1.54) is 6.07 Å². The molecule has 4 rings (SSSR count). The molecule has 0 aliphatic carbocycles. The van der Waals surface area contributed by atoms with Gasteiger partial charge in [-0.05, 0) is 48.9 Å². The van der Waals surface area contributed by atoms with Crippen molar-refractivity contribution in [2.24, 2.45) is 0 Å². The van der Waals surface area contributed by atoms with E-state index in [2.05, 4.69) is 4.98 Å². The van der Waals surface area contributed by atoms with Crippen molar-refractivity contribution < 1.29 is 9.13 Å². The van der Waals surface area contributed by atoms with Gasteiger partial charge in [0.05, 0.1) is 22.5 Å². The number of aromatic nitrogens is 2. The third kappa shape index (κ3) is 4.18. The lowest BCUT2D eigenvalue weighted by molar-refractivity contribution is 0.287. The average Bonchev–Trinajstić information content (AvgIpc) is 2.74. The SMILES string of the molecule is O=c1c2ccccc2nc(-c2ccc(Cl)cc2Cl)n1CCCOc1ccccc1F. The number of rotatable bonds is 6. The second-order valence-electron chi connectivity index (χ2n) is 6.67. The van der Waals surface area contributed by atoms with E-state index in [4.69, 9.17) is 27.9 Å². The maximum atomic E-state index is 13.7. The van der Waals surface area contributed by atoms with Crippen molar-refractivity contribution in [1.29, 1.82) is 0 Å². The summed E-state index contributed by atoms with van der Waals surface area (Å²) in [5.41, 5.74) is 1.02. The van der Waals surface area contributed by atoms with E-state index < -0.39 is 5.82 Å². The molecule has 7 heteroatoms. The van der Waals surface area contributed by atoms with Gasteiger partial charge in [-0.25, -0.2) is 9.37 Å². The van der Waals surface area contributed by atoms with Gasteiger partial charge in [0.15, 0.2) is 11.6 Å². The molecule has 1 aromatic heterocycles. The van der Waals surface area contributed by atoms with Gasteiger partial charge in [0.2, 0.25) is 0 Å². The van der Waals surface area contributed by atoms with Crippen LogP contribution in [-0.4, -0.2) is 16.2 Å². The molecule has 0 amide bonds. The number of ether oxygens (including phenoxy) is 1. The van der Waals surface area contributed by atoms with Crippen LogP contribution in [0.25, 0.3) is 22.3 Å². The van der Waals surface area contributed by atoms with Crippen LogP contribution in [0.5, 0.6) is 5.75 Å². The van der Waals surface area contributed by atoms with Crippen LogP contribution >= 0.6 is 23.2 Å². The fraction of sp³-hybridized carbons (Fsp3) is 0.130. The van der Waals surface area contributed by atoms with Gasteiger partial charge in [-0.2, -0.15) is 0 Å². The molecular formula is C23H17Cl2FN2O2. The van der Waals surface area contributed by atoms with Gasteiger partial charge in [0, 0.05) is 17.1 Å². The van der Waals surface area contributed by atoms with Gasteiger partial charge in [-0.1, -0.05) is 47.5 Å². The second kappa shape index (κ2) is 8.86. The van der Waals surface area contributed by atoms with Crippen LogP contribution < -0.4 is 10.3 Å². The van der Waals surface area contributed by atoms with Gasteiger partial charge in [0.25, 0.3) is 5.56 Å². The zero-order chi connectivity index (χ0) is 21.1. The normalized spacial score (nSPS) is 11.0. The molecule has 0 aliphatic heterocycles. The van der Waals surface area contributed by atoms with Gasteiger partial charge in [0.1, 0.15) is 5.82 Å². The Kier molecular flexibility index (Phi) is 6.02. The number of hydrogen-bond acceptors (Lipinski definition) is 3. The summed E-state index contributed by atoms with van der Waals surface area (Å²) >= 11 is 12.4. The number of fused-ring (bicyclic) bond motifs is 1. The lowest BCUT2D eigenvalue weighted by Gasteiger charge is -2.15. The Labute approximate surface area is 182 Å². The van der Waals surface area contributed by atoms with Crippen molar-refractivity contribution in [3.8, 4) is 17.1 Å². The topological polar surface area (TPSA) is 44.1 Å². The number of halogens is 3. The van der Waals surface area contributed by atoms with E-state index in [0.717, 1.165) is 0 Å². The minimum Gasteiger partial charge on any atom is -0.490 e. The third-order valence-electron chi connectivity index (χ3n) is 4.65. The number of nitrogens with zero attached hydrogens (tertiary/aromatic N) is 2. The molecule has 4 aromatic rings. The molecule has 4 nitrogen and oxygen atoms in total. The molecule has 0 bridgehead atoms. The highest BCUT2D eigenvalue weighted by molar-refractivity contribution is 6.36. The molecule has 3 aromatic carbocycles. The Morgan fingerprint density at radius 1 is 1.00 bits per heavy atom. The quantitative estimate of drug-likeness (QED) is 0.345. The summed E-state index contributed by atoms with van der Waals surface area (Å²) in [6, 6.07) is 18.4. The molecule has 0 unspecified atom stereocenters. The van der Waals surface area contributed by atoms with Crippen molar-refractivity contribution >= 4 is 34.1 Å². The minimum atomic E-state index is -0.421. The summed E-state index contributed by atoms with van der Waals surface area (Å²) in [6.45, 7) is 0.577. The highest BCUT2D eigenvalue weighted by atomic mass is 35.5. The molecule has 0 radical (unpaired) electrons. The summed E-state index contributed by atoms with van der Waals surface area (Å²) in [4.78, 5) is 17.9.